The molecule has 1 heterocycles. The van der Waals surface area contributed by atoms with Gasteiger partial charge in [-0.1, -0.05) is 35.5 Å². The molecule has 0 aliphatic rings. The van der Waals surface area contributed by atoms with Crippen molar-refractivity contribution in [2.75, 3.05) is 5.32 Å². The molecule has 1 aromatic heterocycles. The highest BCUT2D eigenvalue weighted by Crippen LogP contribution is 2.08. The summed E-state index contributed by atoms with van der Waals surface area (Å²) in [5.74, 6) is 0.242. The van der Waals surface area contributed by atoms with Gasteiger partial charge >= 0.3 is 0 Å². The van der Waals surface area contributed by atoms with Crippen molar-refractivity contribution >= 4 is 11.7 Å². The molecular formula is C11H11N3O2. The minimum absolute atomic E-state index is 0.134. The number of nitrogens with one attached hydrogen (secondary N) is 1. The Labute approximate surface area is 92.4 Å². The van der Waals surface area contributed by atoms with Crippen LogP contribution in [0.3, 0.4) is 0 Å². The second kappa shape index (κ2) is 4.57. The molecule has 0 saturated heterocycles. The van der Waals surface area contributed by atoms with Crippen LogP contribution < -0.4 is 5.32 Å². The molecule has 0 aliphatic carbocycles. The van der Waals surface area contributed by atoms with E-state index >= 15 is 0 Å². The Kier molecular flexibility index (Phi) is 2.95. The van der Waals surface area contributed by atoms with Gasteiger partial charge in [0.05, 0.1) is 6.42 Å². The summed E-state index contributed by atoms with van der Waals surface area (Å²) < 4.78 is 4.48. The Morgan fingerprint density at radius 1 is 1.31 bits per heavy atom. The normalized spacial score (nSPS) is 10.1. The molecule has 1 amide bonds. The van der Waals surface area contributed by atoms with Crippen molar-refractivity contribution < 1.29 is 9.42 Å². The van der Waals surface area contributed by atoms with Gasteiger partial charge < -0.3 is 5.32 Å². The van der Waals surface area contributed by atoms with E-state index in [9.17, 15) is 4.79 Å². The molecular weight excluding hydrogens is 206 g/mol. The Morgan fingerprint density at radius 2 is 2.06 bits per heavy atom. The zero-order valence-corrected chi connectivity index (χ0v) is 8.80. The van der Waals surface area contributed by atoms with Crippen LogP contribution >= 0.6 is 0 Å². The molecule has 0 atom stereocenters. The molecule has 2 aromatic rings. The number of nitrogens with zero attached hydrogens (tertiary/aromatic N) is 2. The standard InChI is InChI=1S/C11H11N3O2/c1-8-11(14-16-13-8)12-10(15)7-9-5-3-2-4-6-9/h2-6H,7H2,1H3,(H,12,14,15). The summed E-state index contributed by atoms with van der Waals surface area (Å²) in [6.45, 7) is 1.72. The summed E-state index contributed by atoms with van der Waals surface area (Å²) in [5, 5.41) is 9.79. The van der Waals surface area contributed by atoms with Crippen LogP contribution in [0.1, 0.15) is 11.3 Å². The molecule has 0 unspecified atom stereocenters. The van der Waals surface area contributed by atoms with E-state index in [1.165, 1.54) is 0 Å². The second-order valence-electron chi connectivity index (χ2n) is 3.41. The number of hydrogen-bond donors (Lipinski definition) is 1. The molecule has 0 saturated carbocycles. The van der Waals surface area contributed by atoms with Gasteiger partial charge in [-0.2, -0.15) is 0 Å². The van der Waals surface area contributed by atoms with Gasteiger partial charge in [-0.25, -0.2) is 4.63 Å². The maximum atomic E-state index is 11.6. The summed E-state index contributed by atoms with van der Waals surface area (Å²) in [7, 11) is 0. The van der Waals surface area contributed by atoms with Crippen molar-refractivity contribution in [1.29, 1.82) is 0 Å². The monoisotopic (exact) mass is 217 g/mol. The topological polar surface area (TPSA) is 68.0 Å². The first-order chi connectivity index (χ1) is 7.75. The van der Waals surface area contributed by atoms with Gasteiger partial charge in [-0.15, -0.1) is 0 Å². The highest BCUT2D eigenvalue weighted by Gasteiger charge is 2.09. The average Bonchev–Trinajstić information content (AvgIpc) is 2.66. The molecule has 5 nitrogen and oxygen atoms in total. The maximum Gasteiger partial charge on any atom is 0.230 e. The Hall–Kier alpha value is -2.17. The van der Waals surface area contributed by atoms with Crippen LogP contribution in [-0.4, -0.2) is 16.2 Å². The Bertz CT molecular complexity index is 479. The molecule has 1 N–H and O–H groups in total. The van der Waals surface area contributed by atoms with E-state index in [1.807, 2.05) is 30.3 Å². The number of benzene rings is 1. The number of aromatic nitrogens is 2. The number of rotatable bonds is 3. The predicted octanol–water partition coefficient (Wildman–Crippen LogP) is 1.56. The van der Waals surface area contributed by atoms with Gasteiger partial charge in [0.1, 0.15) is 5.69 Å². The summed E-state index contributed by atoms with van der Waals surface area (Å²) in [6, 6.07) is 9.49. The fourth-order valence-corrected chi connectivity index (χ4v) is 1.30. The molecule has 1 aromatic carbocycles. The van der Waals surface area contributed by atoms with Crippen LogP contribution in [0.4, 0.5) is 5.82 Å². The summed E-state index contributed by atoms with van der Waals surface area (Å²) in [5.41, 5.74) is 1.52. The van der Waals surface area contributed by atoms with Gasteiger partial charge in [0, 0.05) is 0 Å². The summed E-state index contributed by atoms with van der Waals surface area (Å²) in [6.07, 6.45) is 0.313. The van der Waals surface area contributed by atoms with Crippen molar-refractivity contribution in [3.8, 4) is 0 Å². The van der Waals surface area contributed by atoms with Gasteiger partial charge in [-0.3, -0.25) is 4.79 Å². The number of anilines is 1. The first-order valence-electron chi connectivity index (χ1n) is 4.88. The van der Waals surface area contributed by atoms with Crippen LogP contribution in [0.25, 0.3) is 0 Å². The molecule has 82 valence electrons. The lowest BCUT2D eigenvalue weighted by molar-refractivity contribution is -0.115. The van der Waals surface area contributed by atoms with Crippen LogP contribution in [0.5, 0.6) is 0 Å². The first-order valence-corrected chi connectivity index (χ1v) is 4.88. The van der Waals surface area contributed by atoms with E-state index in [-0.39, 0.29) is 5.91 Å². The van der Waals surface area contributed by atoms with E-state index in [0.717, 1.165) is 5.56 Å². The van der Waals surface area contributed by atoms with E-state index in [1.54, 1.807) is 6.92 Å². The zero-order valence-electron chi connectivity index (χ0n) is 8.80. The molecule has 16 heavy (non-hydrogen) atoms. The maximum absolute atomic E-state index is 11.6. The van der Waals surface area contributed by atoms with E-state index in [0.29, 0.717) is 17.9 Å². The number of carbonyl (C=O) groups is 1. The quantitative estimate of drug-likeness (QED) is 0.847. The van der Waals surface area contributed by atoms with Gasteiger partial charge in [0.15, 0.2) is 5.82 Å². The van der Waals surface area contributed by atoms with E-state index < -0.39 is 0 Å². The third-order valence-corrected chi connectivity index (χ3v) is 2.12. The molecule has 0 bridgehead atoms. The second-order valence-corrected chi connectivity index (χ2v) is 3.41. The van der Waals surface area contributed by atoms with Gasteiger partial charge in [-0.05, 0) is 17.6 Å². The van der Waals surface area contributed by atoms with Crippen molar-refractivity contribution in [3.63, 3.8) is 0 Å². The van der Waals surface area contributed by atoms with Gasteiger partial charge in [0.2, 0.25) is 5.91 Å². The van der Waals surface area contributed by atoms with E-state index in [2.05, 4.69) is 20.3 Å². The summed E-state index contributed by atoms with van der Waals surface area (Å²) >= 11 is 0. The van der Waals surface area contributed by atoms with Crippen LogP contribution in [-0.2, 0) is 11.2 Å². The third kappa shape index (κ3) is 2.44. The smallest absolute Gasteiger partial charge is 0.230 e. The zero-order chi connectivity index (χ0) is 11.4. The van der Waals surface area contributed by atoms with Crippen molar-refractivity contribution in [1.82, 2.24) is 10.3 Å². The first kappa shape index (κ1) is 10.4. The lowest BCUT2D eigenvalue weighted by atomic mass is 10.1. The number of aryl methyl sites for hydroxylation is 1. The van der Waals surface area contributed by atoms with E-state index in [4.69, 9.17) is 0 Å². The minimum Gasteiger partial charge on any atom is -0.306 e. The van der Waals surface area contributed by atoms with Crippen molar-refractivity contribution in [2.45, 2.75) is 13.3 Å². The van der Waals surface area contributed by atoms with Crippen molar-refractivity contribution in [2.24, 2.45) is 0 Å². The van der Waals surface area contributed by atoms with Crippen LogP contribution in [0.15, 0.2) is 35.0 Å². The number of carbonyl (C=O) groups excluding carboxylic acids is 1. The molecule has 2 rings (SSSR count). The Morgan fingerprint density at radius 3 is 2.69 bits per heavy atom. The SMILES string of the molecule is Cc1nonc1NC(=O)Cc1ccccc1. The molecule has 0 spiro atoms. The molecule has 0 fully saturated rings. The lowest BCUT2D eigenvalue weighted by Crippen LogP contribution is -2.15. The van der Waals surface area contributed by atoms with Crippen LogP contribution in [0.2, 0.25) is 0 Å². The predicted molar refractivity (Wildman–Crippen MR) is 57.8 cm³/mol. The molecule has 5 heteroatoms. The highest BCUT2D eigenvalue weighted by atomic mass is 16.6. The fraction of sp³-hybridized carbons (Fsp3) is 0.182. The average molecular weight is 217 g/mol. The third-order valence-electron chi connectivity index (χ3n) is 2.12. The van der Waals surface area contributed by atoms with Gasteiger partial charge in [0.25, 0.3) is 0 Å². The Balaban J connectivity index is 1.98. The minimum atomic E-state index is -0.134. The fourth-order valence-electron chi connectivity index (χ4n) is 1.30. The number of amides is 1. The molecule has 0 radical (unpaired) electrons. The summed E-state index contributed by atoms with van der Waals surface area (Å²) in [4.78, 5) is 11.6. The largest absolute Gasteiger partial charge is 0.306 e. The lowest BCUT2D eigenvalue weighted by Gasteiger charge is -2.01. The highest BCUT2D eigenvalue weighted by molar-refractivity contribution is 5.91. The number of hydrogen-bond acceptors (Lipinski definition) is 4. The molecule has 0 aliphatic heterocycles. The van der Waals surface area contributed by atoms with Crippen LogP contribution in [0, 0.1) is 6.92 Å². The van der Waals surface area contributed by atoms with Crippen molar-refractivity contribution in [3.05, 3.63) is 41.6 Å².